The van der Waals surface area contributed by atoms with Gasteiger partial charge < -0.3 is 14.8 Å². The van der Waals surface area contributed by atoms with Gasteiger partial charge in [0.1, 0.15) is 12.4 Å². The van der Waals surface area contributed by atoms with Gasteiger partial charge in [-0.25, -0.2) is 4.98 Å². The Labute approximate surface area is 148 Å². The highest BCUT2D eigenvalue weighted by atomic mass is 16.5. The summed E-state index contributed by atoms with van der Waals surface area (Å²) in [6, 6.07) is 11.4. The van der Waals surface area contributed by atoms with E-state index in [1.54, 1.807) is 26.2 Å². The molecule has 0 atom stereocenters. The number of Topliss-reactive ketones (excluding diaryl/α,β-unsaturated/α-hetero) is 1. The Morgan fingerprint density at radius 1 is 1.24 bits per heavy atom. The molecule has 3 rings (SSSR count). The van der Waals surface area contributed by atoms with Crippen molar-refractivity contribution in [2.75, 3.05) is 20.2 Å². The maximum atomic E-state index is 11.5. The van der Waals surface area contributed by atoms with E-state index in [2.05, 4.69) is 16.4 Å². The first-order valence-electron chi connectivity index (χ1n) is 8.65. The topological polar surface area (TPSA) is 60.5 Å². The van der Waals surface area contributed by atoms with E-state index < -0.39 is 0 Å². The molecule has 0 saturated carbocycles. The Hall–Kier alpha value is -2.40. The smallest absolute Gasteiger partial charge is 0.213 e. The van der Waals surface area contributed by atoms with Crippen LogP contribution in [0.1, 0.15) is 47.3 Å². The molecule has 25 heavy (non-hydrogen) atoms. The van der Waals surface area contributed by atoms with Crippen LogP contribution in [0.25, 0.3) is 0 Å². The van der Waals surface area contributed by atoms with Gasteiger partial charge in [-0.1, -0.05) is 18.2 Å². The number of aromatic nitrogens is 1. The van der Waals surface area contributed by atoms with Crippen LogP contribution in [0.2, 0.25) is 0 Å². The van der Waals surface area contributed by atoms with E-state index >= 15 is 0 Å². The van der Waals surface area contributed by atoms with Crippen LogP contribution in [0.5, 0.6) is 11.6 Å². The number of carbonyl (C=O) groups is 1. The molecule has 1 N–H and O–H groups in total. The first-order valence-corrected chi connectivity index (χ1v) is 8.65. The van der Waals surface area contributed by atoms with Crippen LogP contribution in [0, 0.1) is 0 Å². The van der Waals surface area contributed by atoms with Crippen LogP contribution in [0.4, 0.5) is 0 Å². The summed E-state index contributed by atoms with van der Waals surface area (Å²) >= 11 is 0. The van der Waals surface area contributed by atoms with Gasteiger partial charge in [0.25, 0.3) is 0 Å². The number of carbonyl (C=O) groups excluding carboxylic acids is 1. The molecule has 0 bridgehead atoms. The highest BCUT2D eigenvalue weighted by Crippen LogP contribution is 2.26. The standard InChI is InChI=1S/C20H24N2O3/c1-14(23)16-6-7-17(19(12-16)24-2)13-25-20-5-3-4-18(22-20)15-8-10-21-11-9-15/h3-7,12,15,21H,8-11,13H2,1-2H3. The lowest BCUT2D eigenvalue weighted by atomic mass is 9.94. The van der Waals surface area contributed by atoms with Gasteiger partial charge >= 0.3 is 0 Å². The lowest BCUT2D eigenvalue weighted by Crippen LogP contribution is -2.27. The summed E-state index contributed by atoms with van der Waals surface area (Å²) in [6.45, 7) is 3.97. The van der Waals surface area contributed by atoms with Crippen molar-refractivity contribution in [2.24, 2.45) is 0 Å². The second-order valence-corrected chi connectivity index (χ2v) is 6.30. The molecule has 1 aromatic heterocycles. The van der Waals surface area contributed by atoms with Crippen LogP contribution in [-0.2, 0) is 6.61 Å². The van der Waals surface area contributed by atoms with E-state index in [1.165, 1.54) is 0 Å². The molecule has 2 heterocycles. The first kappa shape index (κ1) is 17.4. The lowest BCUT2D eigenvalue weighted by molar-refractivity contribution is 0.101. The number of ether oxygens (including phenoxy) is 2. The fourth-order valence-electron chi connectivity index (χ4n) is 3.09. The number of nitrogens with zero attached hydrogens (tertiary/aromatic N) is 1. The first-order chi connectivity index (χ1) is 12.2. The minimum atomic E-state index is 0.0158. The number of benzene rings is 1. The third-order valence-corrected chi connectivity index (χ3v) is 4.57. The Morgan fingerprint density at radius 3 is 2.76 bits per heavy atom. The Morgan fingerprint density at radius 2 is 2.04 bits per heavy atom. The molecule has 132 valence electrons. The Kier molecular flexibility index (Phi) is 5.66. The third-order valence-electron chi connectivity index (χ3n) is 4.57. The minimum Gasteiger partial charge on any atom is -0.496 e. The molecule has 0 spiro atoms. The van der Waals surface area contributed by atoms with Gasteiger partial charge in [-0.3, -0.25) is 4.79 Å². The van der Waals surface area contributed by atoms with Gasteiger partial charge in [-0.05, 0) is 45.0 Å². The number of hydrogen-bond donors (Lipinski definition) is 1. The number of pyridine rings is 1. The van der Waals surface area contributed by atoms with Gasteiger partial charge in [-0.15, -0.1) is 0 Å². The van der Waals surface area contributed by atoms with Crippen LogP contribution >= 0.6 is 0 Å². The lowest BCUT2D eigenvalue weighted by Gasteiger charge is -2.22. The fraction of sp³-hybridized carbons (Fsp3) is 0.400. The molecule has 0 unspecified atom stereocenters. The molecule has 1 aromatic carbocycles. The molecule has 1 saturated heterocycles. The van der Waals surface area contributed by atoms with Gasteiger partial charge in [-0.2, -0.15) is 0 Å². The van der Waals surface area contributed by atoms with Crippen molar-refractivity contribution in [3.05, 3.63) is 53.2 Å². The Bertz CT molecular complexity index is 739. The molecule has 0 aliphatic carbocycles. The highest BCUT2D eigenvalue weighted by Gasteiger charge is 2.17. The average molecular weight is 340 g/mol. The quantitative estimate of drug-likeness (QED) is 0.817. The molecular formula is C20H24N2O3. The zero-order valence-corrected chi connectivity index (χ0v) is 14.7. The molecule has 5 nitrogen and oxygen atoms in total. The van der Waals surface area contributed by atoms with E-state index in [1.807, 2.05) is 18.2 Å². The second-order valence-electron chi connectivity index (χ2n) is 6.30. The summed E-state index contributed by atoms with van der Waals surface area (Å²) in [5, 5.41) is 3.37. The number of nitrogens with one attached hydrogen (secondary N) is 1. The maximum absolute atomic E-state index is 11.5. The summed E-state index contributed by atoms with van der Waals surface area (Å²) in [5.74, 6) is 1.78. The van der Waals surface area contributed by atoms with E-state index in [0.717, 1.165) is 37.2 Å². The average Bonchev–Trinajstić information content (AvgIpc) is 2.67. The van der Waals surface area contributed by atoms with Gasteiger partial charge in [0.2, 0.25) is 5.88 Å². The van der Waals surface area contributed by atoms with Gasteiger partial charge in [0, 0.05) is 28.8 Å². The molecule has 0 amide bonds. The van der Waals surface area contributed by atoms with E-state index in [0.29, 0.717) is 29.7 Å². The van der Waals surface area contributed by atoms with Crippen LogP contribution in [-0.4, -0.2) is 31.0 Å². The summed E-state index contributed by atoms with van der Waals surface area (Å²) in [5.41, 5.74) is 2.62. The summed E-state index contributed by atoms with van der Waals surface area (Å²) in [6.07, 6.45) is 2.22. The zero-order valence-electron chi connectivity index (χ0n) is 14.7. The van der Waals surface area contributed by atoms with Crippen molar-refractivity contribution in [1.82, 2.24) is 10.3 Å². The fourth-order valence-corrected chi connectivity index (χ4v) is 3.09. The normalized spacial score (nSPS) is 15.0. The number of ketones is 1. The molecular weight excluding hydrogens is 316 g/mol. The van der Waals surface area contributed by atoms with E-state index in [-0.39, 0.29) is 5.78 Å². The van der Waals surface area contributed by atoms with Crippen LogP contribution in [0.3, 0.4) is 0 Å². The van der Waals surface area contributed by atoms with E-state index in [4.69, 9.17) is 9.47 Å². The largest absolute Gasteiger partial charge is 0.496 e. The third kappa shape index (κ3) is 4.37. The van der Waals surface area contributed by atoms with Crippen molar-refractivity contribution >= 4 is 5.78 Å². The van der Waals surface area contributed by atoms with Crippen molar-refractivity contribution in [3.8, 4) is 11.6 Å². The predicted octanol–water partition coefficient (Wildman–Crippen LogP) is 3.34. The second kappa shape index (κ2) is 8.12. The molecule has 1 aliphatic heterocycles. The number of hydrogen-bond acceptors (Lipinski definition) is 5. The summed E-state index contributed by atoms with van der Waals surface area (Å²) in [7, 11) is 1.60. The van der Waals surface area contributed by atoms with E-state index in [9.17, 15) is 4.79 Å². The maximum Gasteiger partial charge on any atom is 0.213 e. The molecule has 5 heteroatoms. The van der Waals surface area contributed by atoms with Crippen LogP contribution in [0.15, 0.2) is 36.4 Å². The van der Waals surface area contributed by atoms with Gasteiger partial charge in [0.15, 0.2) is 5.78 Å². The van der Waals surface area contributed by atoms with Crippen molar-refractivity contribution in [3.63, 3.8) is 0 Å². The van der Waals surface area contributed by atoms with Crippen molar-refractivity contribution in [1.29, 1.82) is 0 Å². The zero-order chi connectivity index (χ0) is 17.6. The molecule has 1 fully saturated rings. The molecule has 0 radical (unpaired) electrons. The predicted molar refractivity (Wildman–Crippen MR) is 96.4 cm³/mol. The monoisotopic (exact) mass is 340 g/mol. The highest BCUT2D eigenvalue weighted by molar-refractivity contribution is 5.94. The number of methoxy groups -OCH3 is 1. The SMILES string of the molecule is COc1cc(C(C)=O)ccc1COc1cccc(C2CCNCC2)n1. The number of rotatable bonds is 6. The van der Waals surface area contributed by atoms with Crippen molar-refractivity contribution < 1.29 is 14.3 Å². The van der Waals surface area contributed by atoms with Gasteiger partial charge in [0.05, 0.1) is 7.11 Å². The molecule has 1 aliphatic rings. The Balaban J connectivity index is 1.70. The minimum absolute atomic E-state index is 0.0158. The van der Waals surface area contributed by atoms with Crippen molar-refractivity contribution in [2.45, 2.75) is 32.3 Å². The number of piperidine rings is 1. The molecule has 2 aromatic rings. The summed E-state index contributed by atoms with van der Waals surface area (Å²) in [4.78, 5) is 16.2. The van der Waals surface area contributed by atoms with Crippen LogP contribution < -0.4 is 14.8 Å². The summed E-state index contributed by atoms with van der Waals surface area (Å²) < 4.78 is 11.3.